The average Bonchev–Trinajstić information content (AvgIpc) is 2.54. The van der Waals surface area contributed by atoms with Crippen LogP contribution in [0, 0.1) is 0 Å². The minimum atomic E-state index is 0.782. The molecule has 3 rings (SSSR count). The summed E-state index contributed by atoms with van der Waals surface area (Å²) in [6, 6.07) is 15.0. The van der Waals surface area contributed by atoms with Gasteiger partial charge in [-0.15, -0.1) is 0 Å². The summed E-state index contributed by atoms with van der Waals surface area (Å²) in [7, 11) is 0. The first-order chi connectivity index (χ1) is 10.4. The van der Waals surface area contributed by atoms with Crippen molar-refractivity contribution in [2.45, 2.75) is 32.6 Å². The van der Waals surface area contributed by atoms with Crippen molar-refractivity contribution in [1.29, 1.82) is 0 Å². The molecular formula is C19H22NO+. The molecular weight excluding hydrogens is 258 g/mol. The van der Waals surface area contributed by atoms with Gasteiger partial charge in [-0.2, -0.15) is 0 Å². The fourth-order valence-electron chi connectivity index (χ4n) is 2.72. The lowest BCUT2D eigenvalue weighted by Crippen LogP contribution is -2.42. The minimum Gasteiger partial charge on any atom is -0.271 e. The molecule has 0 saturated carbocycles. The predicted octanol–water partition coefficient (Wildman–Crippen LogP) is 4.29. The Labute approximate surface area is 125 Å². The average molecular weight is 280 g/mol. The van der Waals surface area contributed by atoms with E-state index in [1.165, 1.54) is 40.8 Å². The molecule has 21 heavy (non-hydrogen) atoms. The number of hydrogen-bond donors (Lipinski definition) is 0. The van der Waals surface area contributed by atoms with Gasteiger partial charge in [-0.25, -0.2) is 0 Å². The maximum atomic E-state index is 5.79. The molecule has 1 aromatic heterocycles. The van der Waals surface area contributed by atoms with Crippen molar-refractivity contribution in [1.82, 2.24) is 0 Å². The summed E-state index contributed by atoms with van der Waals surface area (Å²) in [6.45, 7) is 3.01. The van der Waals surface area contributed by atoms with Crippen molar-refractivity contribution in [3.05, 3.63) is 54.9 Å². The second-order valence-electron chi connectivity index (χ2n) is 5.49. The SMILES string of the molecule is CCCCCCO[n+]1ccc2c(ccc3ccccc32)c1. The molecule has 0 bridgehead atoms. The fourth-order valence-corrected chi connectivity index (χ4v) is 2.72. The second kappa shape index (κ2) is 6.57. The lowest BCUT2D eigenvalue weighted by molar-refractivity contribution is -0.890. The highest BCUT2D eigenvalue weighted by Crippen LogP contribution is 2.23. The summed E-state index contributed by atoms with van der Waals surface area (Å²) >= 11 is 0. The Morgan fingerprint density at radius 2 is 1.67 bits per heavy atom. The molecule has 2 heteroatoms. The number of aromatic nitrogens is 1. The minimum absolute atomic E-state index is 0.782. The molecule has 2 aromatic carbocycles. The molecule has 1 heterocycles. The van der Waals surface area contributed by atoms with Crippen molar-refractivity contribution >= 4 is 21.5 Å². The molecule has 0 atom stereocenters. The molecule has 3 aromatic rings. The smallest absolute Gasteiger partial charge is 0.230 e. The van der Waals surface area contributed by atoms with Crippen LogP contribution in [-0.2, 0) is 0 Å². The van der Waals surface area contributed by atoms with E-state index in [9.17, 15) is 0 Å². The van der Waals surface area contributed by atoms with Gasteiger partial charge in [0.2, 0.25) is 12.4 Å². The van der Waals surface area contributed by atoms with E-state index in [4.69, 9.17) is 4.84 Å². The van der Waals surface area contributed by atoms with Gasteiger partial charge < -0.3 is 0 Å². The van der Waals surface area contributed by atoms with Crippen LogP contribution < -0.4 is 9.57 Å². The van der Waals surface area contributed by atoms with Gasteiger partial charge in [0.25, 0.3) is 0 Å². The van der Waals surface area contributed by atoms with Crippen molar-refractivity contribution in [2.24, 2.45) is 0 Å². The van der Waals surface area contributed by atoms with Crippen LogP contribution in [0.15, 0.2) is 54.9 Å². The third-order valence-corrected chi connectivity index (χ3v) is 3.90. The van der Waals surface area contributed by atoms with Crippen molar-refractivity contribution < 1.29 is 9.57 Å². The molecule has 0 N–H and O–H groups in total. The maximum absolute atomic E-state index is 5.79. The summed E-state index contributed by atoms with van der Waals surface area (Å²) in [5.74, 6) is 0. The number of benzene rings is 2. The molecule has 2 nitrogen and oxygen atoms in total. The summed E-state index contributed by atoms with van der Waals surface area (Å²) in [4.78, 5) is 5.79. The molecule has 0 amide bonds. The number of fused-ring (bicyclic) bond motifs is 3. The first-order valence-electron chi connectivity index (χ1n) is 7.84. The Morgan fingerprint density at radius 1 is 0.857 bits per heavy atom. The molecule has 0 saturated heterocycles. The van der Waals surface area contributed by atoms with Gasteiger partial charge in [0.05, 0.1) is 5.39 Å². The van der Waals surface area contributed by atoms with Crippen LogP contribution in [0.3, 0.4) is 0 Å². The first kappa shape index (κ1) is 13.9. The molecule has 0 unspecified atom stereocenters. The summed E-state index contributed by atoms with van der Waals surface area (Å²) in [5, 5.41) is 5.07. The molecule has 0 aliphatic rings. The van der Waals surface area contributed by atoms with Crippen LogP contribution >= 0.6 is 0 Å². The van der Waals surface area contributed by atoms with Crippen molar-refractivity contribution in [2.75, 3.05) is 6.61 Å². The quantitative estimate of drug-likeness (QED) is 0.373. The Bertz CT molecular complexity index is 736. The number of hydrogen-bond acceptors (Lipinski definition) is 1. The zero-order valence-electron chi connectivity index (χ0n) is 12.6. The van der Waals surface area contributed by atoms with E-state index in [-0.39, 0.29) is 0 Å². The fraction of sp³-hybridized carbons (Fsp3) is 0.316. The van der Waals surface area contributed by atoms with Gasteiger partial charge in [0.15, 0.2) is 6.61 Å². The summed E-state index contributed by atoms with van der Waals surface area (Å²) in [6.07, 6.45) is 9.00. The van der Waals surface area contributed by atoms with Crippen LogP contribution in [0.1, 0.15) is 32.6 Å². The highest BCUT2D eigenvalue weighted by atomic mass is 16.7. The maximum Gasteiger partial charge on any atom is 0.230 e. The normalized spacial score (nSPS) is 11.1. The van der Waals surface area contributed by atoms with Crippen LogP contribution in [0.2, 0.25) is 0 Å². The van der Waals surface area contributed by atoms with Gasteiger partial charge >= 0.3 is 0 Å². The molecule has 108 valence electrons. The Balaban J connectivity index is 1.79. The summed E-state index contributed by atoms with van der Waals surface area (Å²) < 4.78 is 1.84. The predicted molar refractivity (Wildman–Crippen MR) is 87.2 cm³/mol. The van der Waals surface area contributed by atoms with E-state index in [2.05, 4.69) is 55.6 Å². The number of rotatable bonds is 6. The lowest BCUT2D eigenvalue weighted by atomic mass is 10.0. The highest BCUT2D eigenvalue weighted by molar-refractivity contribution is 6.06. The third kappa shape index (κ3) is 3.15. The van der Waals surface area contributed by atoms with Gasteiger partial charge in [-0.3, -0.25) is 4.84 Å². The largest absolute Gasteiger partial charge is 0.271 e. The van der Waals surface area contributed by atoms with Crippen LogP contribution in [0.5, 0.6) is 0 Å². The van der Waals surface area contributed by atoms with Crippen LogP contribution in [-0.4, -0.2) is 6.61 Å². The Kier molecular flexibility index (Phi) is 4.34. The molecule has 0 aliphatic carbocycles. The number of pyridine rings is 1. The zero-order chi connectivity index (χ0) is 14.5. The zero-order valence-corrected chi connectivity index (χ0v) is 12.6. The summed E-state index contributed by atoms with van der Waals surface area (Å²) in [5.41, 5.74) is 0. The van der Waals surface area contributed by atoms with Gasteiger partial charge in [0.1, 0.15) is 0 Å². The molecule has 0 spiro atoms. The Hall–Kier alpha value is -2.09. The van der Waals surface area contributed by atoms with Gasteiger partial charge in [-0.05, 0) is 29.7 Å². The van der Waals surface area contributed by atoms with Gasteiger partial charge in [0, 0.05) is 16.2 Å². The molecule has 0 fully saturated rings. The van der Waals surface area contributed by atoms with E-state index in [1.807, 2.05) is 10.9 Å². The molecule has 0 radical (unpaired) electrons. The third-order valence-electron chi connectivity index (χ3n) is 3.90. The molecule has 0 aliphatic heterocycles. The van der Waals surface area contributed by atoms with Gasteiger partial charge in [-0.1, -0.05) is 50.1 Å². The monoisotopic (exact) mass is 280 g/mol. The van der Waals surface area contributed by atoms with Crippen molar-refractivity contribution in [3.8, 4) is 0 Å². The van der Waals surface area contributed by atoms with E-state index in [1.54, 1.807) is 0 Å². The second-order valence-corrected chi connectivity index (χ2v) is 5.49. The van der Waals surface area contributed by atoms with Crippen molar-refractivity contribution in [3.63, 3.8) is 0 Å². The number of nitrogens with zero attached hydrogens (tertiary/aromatic N) is 1. The van der Waals surface area contributed by atoms with E-state index >= 15 is 0 Å². The van der Waals surface area contributed by atoms with Crippen LogP contribution in [0.4, 0.5) is 0 Å². The van der Waals surface area contributed by atoms with E-state index in [0.29, 0.717) is 0 Å². The number of unbranched alkanes of at least 4 members (excludes halogenated alkanes) is 3. The lowest BCUT2D eigenvalue weighted by Gasteiger charge is -2.03. The standard InChI is InChI=1S/C19H22NO/c1-2-3-4-7-14-21-20-13-12-19-17(15-20)11-10-16-8-5-6-9-18(16)19/h5-6,8-13,15H,2-4,7,14H2,1H3/q+1. The highest BCUT2D eigenvalue weighted by Gasteiger charge is 2.07. The van der Waals surface area contributed by atoms with Crippen LogP contribution in [0.25, 0.3) is 21.5 Å². The van der Waals surface area contributed by atoms with E-state index < -0.39 is 0 Å². The first-order valence-corrected chi connectivity index (χ1v) is 7.84. The van der Waals surface area contributed by atoms with E-state index in [0.717, 1.165) is 13.0 Å². The topological polar surface area (TPSA) is 13.1 Å². The Morgan fingerprint density at radius 3 is 2.57 bits per heavy atom.